The number of ether oxygens (including phenoxy) is 1. The highest BCUT2D eigenvalue weighted by atomic mass is 19.1. The topological polar surface area (TPSA) is 99.0 Å². The van der Waals surface area contributed by atoms with E-state index in [-0.39, 0.29) is 24.2 Å². The van der Waals surface area contributed by atoms with Crippen molar-refractivity contribution in [3.63, 3.8) is 0 Å². The quantitative estimate of drug-likeness (QED) is 0.750. The van der Waals surface area contributed by atoms with E-state index in [2.05, 4.69) is 9.88 Å². The number of hydrogen-bond acceptors (Lipinski definition) is 6. The predicted octanol–water partition coefficient (Wildman–Crippen LogP) is 3.26. The number of carbonyl (C=O) groups is 1. The number of aliphatic hydroxyl groups is 1. The molecule has 2 bridgehead atoms. The fourth-order valence-electron chi connectivity index (χ4n) is 5.74. The van der Waals surface area contributed by atoms with Crippen LogP contribution < -0.4 is 9.64 Å². The van der Waals surface area contributed by atoms with Crippen molar-refractivity contribution < 1.29 is 24.1 Å². The van der Waals surface area contributed by atoms with Crippen LogP contribution in [0.25, 0.3) is 10.8 Å². The van der Waals surface area contributed by atoms with Gasteiger partial charge in [-0.25, -0.2) is 19.2 Å². The maximum absolute atomic E-state index is 15.1. The Kier molecular flexibility index (Phi) is 4.74. The highest BCUT2D eigenvalue weighted by Gasteiger charge is 2.52. The summed E-state index contributed by atoms with van der Waals surface area (Å²) in [6, 6.07) is -0.608. The number of aromatic nitrogens is 2. The lowest BCUT2D eigenvalue weighted by atomic mass is 9.96. The summed E-state index contributed by atoms with van der Waals surface area (Å²) in [5, 5.41) is 21.0. The minimum Gasteiger partial charge on any atom is -0.472 e. The Morgan fingerprint density at radius 2 is 2.09 bits per heavy atom. The van der Waals surface area contributed by atoms with Crippen molar-refractivity contribution in [2.24, 2.45) is 0 Å². The molecule has 32 heavy (non-hydrogen) atoms. The van der Waals surface area contributed by atoms with Crippen LogP contribution in [0.2, 0.25) is 0 Å². The van der Waals surface area contributed by atoms with Gasteiger partial charge in [0.05, 0.1) is 35.3 Å². The van der Waals surface area contributed by atoms with E-state index in [1.807, 2.05) is 13.8 Å². The fourth-order valence-corrected chi connectivity index (χ4v) is 5.74. The summed E-state index contributed by atoms with van der Waals surface area (Å²) in [5.74, 6) is 0.506. The number of piperazine rings is 1. The average Bonchev–Trinajstić information content (AvgIpc) is 2.96. The molecule has 0 spiro atoms. The Balaban J connectivity index is 1.70. The predicted molar refractivity (Wildman–Crippen MR) is 117 cm³/mol. The zero-order valence-corrected chi connectivity index (χ0v) is 18.8. The van der Waals surface area contributed by atoms with E-state index < -0.39 is 17.5 Å². The Morgan fingerprint density at radius 3 is 2.78 bits per heavy atom. The Labute approximate surface area is 186 Å². The van der Waals surface area contributed by atoms with Crippen LogP contribution in [0.1, 0.15) is 51.3 Å². The normalized spacial score (nSPS) is 26.7. The van der Waals surface area contributed by atoms with Gasteiger partial charge in [-0.15, -0.1) is 0 Å². The fraction of sp³-hybridized carbons (Fsp3) is 0.609. The van der Waals surface area contributed by atoms with Crippen molar-refractivity contribution in [2.45, 2.75) is 83.2 Å². The number of amides is 1. The van der Waals surface area contributed by atoms with Crippen molar-refractivity contribution in [1.29, 1.82) is 0 Å². The molecule has 2 aromatic heterocycles. The van der Waals surface area contributed by atoms with Crippen LogP contribution in [-0.4, -0.2) is 67.5 Å². The zero-order chi connectivity index (χ0) is 22.9. The molecule has 0 saturated carbocycles. The first-order valence-electron chi connectivity index (χ1n) is 11.2. The van der Waals surface area contributed by atoms with Gasteiger partial charge in [-0.3, -0.25) is 4.90 Å². The van der Waals surface area contributed by atoms with E-state index >= 15 is 4.39 Å². The number of hydrogen-bond donors (Lipinski definition) is 2. The van der Waals surface area contributed by atoms with Crippen LogP contribution in [-0.2, 0) is 6.42 Å². The molecule has 2 N–H and O–H groups in total. The number of rotatable bonds is 3. The molecule has 8 nitrogen and oxygen atoms in total. The van der Waals surface area contributed by atoms with Crippen LogP contribution in [0.4, 0.5) is 15.0 Å². The maximum atomic E-state index is 15.1. The molecule has 0 radical (unpaired) electrons. The molecule has 2 saturated heterocycles. The van der Waals surface area contributed by atoms with Crippen molar-refractivity contribution in [3.8, 4) is 5.88 Å². The lowest BCUT2D eigenvalue weighted by Crippen LogP contribution is -2.64. The Hall–Kier alpha value is -2.68. The molecule has 172 valence electrons. The van der Waals surface area contributed by atoms with Crippen LogP contribution in [0.15, 0.2) is 6.20 Å². The Morgan fingerprint density at radius 1 is 1.34 bits per heavy atom. The van der Waals surface area contributed by atoms with E-state index in [4.69, 9.17) is 9.72 Å². The van der Waals surface area contributed by atoms with Gasteiger partial charge in [0.1, 0.15) is 17.7 Å². The number of pyridine rings is 2. The summed E-state index contributed by atoms with van der Waals surface area (Å²) in [7, 11) is 0. The molecular formula is C23H29FN4O4. The van der Waals surface area contributed by atoms with E-state index in [1.165, 1.54) is 6.20 Å². The van der Waals surface area contributed by atoms with Crippen molar-refractivity contribution in [3.05, 3.63) is 23.3 Å². The molecule has 1 amide bonds. The first-order chi connectivity index (χ1) is 15.1. The highest BCUT2D eigenvalue weighted by molar-refractivity contribution is 5.99. The lowest BCUT2D eigenvalue weighted by molar-refractivity contribution is 0.0706. The number of carboxylic acid groups (broad SMARTS) is 1. The second-order valence-electron chi connectivity index (χ2n) is 9.94. The third kappa shape index (κ3) is 3.17. The van der Waals surface area contributed by atoms with Crippen LogP contribution in [0.5, 0.6) is 5.88 Å². The molecule has 3 aliphatic rings. The van der Waals surface area contributed by atoms with Gasteiger partial charge in [-0.1, -0.05) is 0 Å². The summed E-state index contributed by atoms with van der Waals surface area (Å²) in [6.07, 6.45) is 2.44. The summed E-state index contributed by atoms with van der Waals surface area (Å²) in [5.41, 5.74) is 0.578. The number of nitrogens with zero attached hydrogens (tertiary/aromatic N) is 4. The van der Waals surface area contributed by atoms with Gasteiger partial charge in [0.2, 0.25) is 5.88 Å². The van der Waals surface area contributed by atoms with Gasteiger partial charge in [-0.05, 0) is 58.9 Å². The summed E-state index contributed by atoms with van der Waals surface area (Å²) in [6.45, 7) is 7.73. The molecule has 5 heterocycles. The SMILES string of the molecule is Cc1c(CCC(C)(C)O)nc2c3c(ncc(F)c13)OC(C)C1C3CCC(CN21)N3C(=O)O. The largest absolute Gasteiger partial charge is 0.472 e. The van der Waals surface area contributed by atoms with Gasteiger partial charge in [0.15, 0.2) is 0 Å². The summed E-state index contributed by atoms with van der Waals surface area (Å²) < 4.78 is 21.3. The smallest absolute Gasteiger partial charge is 0.407 e. The van der Waals surface area contributed by atoms with Crippen LogP contribution in [0.3, 0.4) is 0 Å². The number of fused-ring (bicyclic) bond motifs is 5. The van der Waals surface area contributed by atoms with Crippen LogP contribution in [0, 0.1) is 12.7 Å². The first kappa shape index (κ1) is 21.2. The molecule has 3 aliphatic heterocycles. The van der Waals surface area contributed by atoms with E-state index in [0.29, 0.717) is 41.9 Å². The molecule has 2 fully saturated rings. The first-order valence-corrected chi connectivity index (χ1v) is 11.2. The second-order valence-corrected chi connectivity index (χ2v) is 9.94. The summed E-state index contributed by atoms with van der Waals surface area (Å²) in [4.78, 5) is 24.9. The molecule has 4 unspecified atom stereocenters. The number of anilines is 1. The number of halogens is 1. The van der Waals surface area contributed by atoms with Gasteiger partial charge in [-0.2, -0.15) is 0 Å². The highest BCUT2D eigenvalue weighted by Crippen LogP contribution is 2.45. The average molecular weight is 445 g/mol. The molecule has 0 aromatic carbocycles. The molecule has 4 atom stereocenters. The number of aryl methyl sites for hydroxylation is 2. The minimum absolute atomic E-state index is 0.137. The maximum Gasteiger partial charge on any atom is 0.407 e. The van der Waals surface area contributed by atoms with E-state index in [1.54, 1.807) is 18.7 Å². The molecule has 5 rings (SSSR count). The van der Waals surface area contributed by atoms with Crippen molar-refractivity contribution in [1.82, 2.24) is 14.9 Å². The van der Waals surface area contributed by atoms with Gasteiger partial charge >= 0.3 is 6.09 Å². The van der Waals surface area contributed by atoms with Crippen molar-refractivity contribution >= 4 is 22.7 Å². The lowest BCUT2D eigenvalue weighted by Gasteiger charge is -2.47. The molecular weight excluding hydrogens is 415 g/mol. The summed E-state index contributed by atoms with van der Waals surface area (Å²) >= 11 is 0. The Bertz CT molecular complexity index is 1100. The third-order valence-corrected chi connectivity index (χ3v) is 7.22. The van der Waals surface area contributed by atoms with Crippen LogP contribution >= 0.6 is 0 Å². The van der Waals surface area contributed by atoms with Gasteiger partial charge in [0, 0.05) is 17.6 Å². The van der Waals surface area contributed by atoms with E-state index in [9.17, 15) is 15.0 Å². The molecule has 0 aliphatic carbocycles. The molecule has 2 aromatic rings. The monoisotopic (exact) mass is 444 g/mol. The van der Waals surface area contributed by atoms with Crippen molar-refractivity contribution in [2.75, 3.05) is 11.4 Å². The molecule has 9 heteroatoms. The van der Waals surface area contributed by atoms with Gasteiger partial charge in [0.25, 0.3) is 0 Å². The standard InChI is InChI=1S/C23H29FN4O4/c1-11-15(7-8-23(3,4)31)26-20-18-17(11)14(24)9-25-21(18)32-12(2)19-16-6-5-13(10-27(19)20)28(16)22(29)30/h9,12-13,16,19,31H,5-8,10H2,1-4H3,(H,29,30). The zero-order valence-electron chi connectivity index (χ0n) is 18.8. The second kappa shape index (κ2) is 7.16. The minimum atomic E-state index is -0.914. The van der Waals surface area contributed by atoms with Gasteiger partial charge < -0.3 is 19.8 Å². The third-order valence-electron chi connectivity index (χ3n) is 7.22. The van der Waals surface area contributed by atoms with E-state index in [0.717, 1.165) is 24.1 Å².